The van der Waals surface area contributed by atoms with Crippen molar-refractivity contribution in [3.63, 3.8) is 0 Å². The van der Waals surface area contributed by atoms with E-state index in [2.05, 4.69) is 11.4 Å². The van der Waals surface area contributed by atoms with Gasteiger partial charge in [-0.3, -0.25) is 0 Å². The zero-order valence-corrected chi connectivity index (χ0v) is 9.44. The Bertz CT molecular complexity index is 385. The lowest BCUT2D eigenvalue weighted by Gasteiger charge is -2.32. The number of hydrogen-bond donors (Lipinski definition) is 2. The van der Waals surface area contributed by atoms with Gasteiger partial charge in [0.25, 0.3) is 0 Å². The largest absolute Gasteiger partial charge is 0.507 e. The summed E-state index contributed by atoms with van der Waals surface area (Å²) in [4.78, 5) is 1.12. The Balaban J connectivity index is 1.94. The average Bonchev–Trinajstić information content (AvgIpc) is 2.59. The van der Waals surface area contributed by atoms with Gasteiger partial charge in [0, 0.05) is 4.75 Å². The van der Waals surface area contributed by atoms with Crippen molar-refractivity contribution in [1.29, 1.82) is 0 Å². The molecule has 1 spiro atoms. The molecule has 0 radical (unpaired) electrons. The lowest BCUT2D eigenvalue weighted by atomic mass is 9.90. The van der Waals surface area contributed by atoms with E-state index in [-0.39, 0.29) is 0 Å². The van der Waals surface area contributed by atoms with Crippen LogP contribution in [-0.4, -0.2) is 22.9 Å². The van der Waals surface area contributed by atoms with Crippen molar-refractivity contribution in [2.45, 2.75) is 28.9 Å². The monoisotopic (exact) mass is 221 g/mol. The van der Waals surface area contributed by atoms with Crippen LogP contribution in [-0.2, 0) is 6.42 Å². The van der Waals surface area contributed by atoms with Crippen molar-refractivity contribution in [1.82, 2.24) is 5.32 Å². The minimum atomic E-state index is 0.367. The number of fused-ring (bicyclic) bond motifs is 1. The van der Waals surface area contributed by atoms with E-state index in [0.717, 1.165) is 24.4 Å². The van der Waals surface area contributed by atoms with Crippen molar-refractivity contribution in [3.8, 4) is 5.75 Å². The molecule has 0 amide bonds. The Hall–Kier alpha value is -0.670. The highest BCUT2D eigenvalue weighted by Crippen LogP contribution is 2.52. The van der Waals surface area contributed by atoms with Gasteiger partial charge in [-0.15, -0.1) is 11.8 Å². The molecule has 3 heteroatoms. The van der Waals surface area contributed by atoms with Crippen molar-refractivity contribution < 1.29 is 5.11 Å². The molecule has 1 aromatic rings. The van der Waals surface area contributed by atoms with E-state index in [1.54, 1.807) is 6.07 Å². The summed E-state index contributed by atoms with van der Waals surface area (Å²) in [5.74, 6) is 0.466. The standard InChI is InChI=1S/C12H15NOS/c14-10-3-1-2-9-8-12(15-11(9)10)4-6-13-7-5-12/h1-3,13-14H,4-8H2. The van der Waals surface area contributed by atoms with E-state index < -0.39 is 0 Å². The third-order valence-electron chi connectivity index (χ3n) is 3.42. The molecule has 0 saturated carbocycles. The van der Waals surface area contributed by atoms with Crippen LogP contribution in [0.2, 0.25) is 0 Å². The average molecular weight is 221 g/mol. The summed E-state index contributed by atoms with van der Waals surface area (Å²) in [5.41, 5.74) is 1.34. The maximum atomic E-state index is 9.81. The second kappa shape index (κ2) is 3.42. The van der Waals surface area contributed by atoms with Crippen LogP contribution in [0, 0.1) is 0 Å². The summed E-state index contributed by atoms with van der Waals surface area (Å²) in [7, 11) is 0. The van der Waals surface area contributed by atoms with Crippen LogP contribution in [0.25, 0.3) is 0 Å². The Labute approximate surface area is 94.1 Å². The highest BCUT2D eigenvalue weighted by Gasteiger charge is 2.40. The van der Waals surface area contributed by atoms with Crippen LogP contribution in [0.1, 0.15) is 18.4 Å². The molecule has 1 fully saturated rings. The molecule has 80 valence electrons. The third-order valence-corrected chi connectivity index (χ3v) is 5.08. The van der Waals surface area contributed by atoms with Crippen LogP contribution < -0.4 is 5.32 Å². The van der Waals surface area contributed by atoms with Crippen LogP contribution >= 0.6 is 11.8 Å². The fraction of sp³-hybridized carbons (Fsp3) is 0.500. The van der Waals surface area contributed by atoms with Gasteiger partial charge in [0.1, 0.15) is 5.75 Å². The van der Waals surface area contributed by atoms with Crippen LogP contribution in [0.15, 0.2) is 23.1 Å². The van der Waals surface area contributed by atoms with Crippen molar-refractivity contribution in [3.05, 3.63) is 23.8 Å². The predicted octanol–water partition coefficient (Wildman–Crippen LogP) is 2.16. The van der Waals surface area contributed by atoms with Crippen molar-refractivity contribution in [2.24, 2.45) is 0 Å². The fourth-order valence-corrected chi connectivity index (χ4v) is 4.10. The zero-order chi connectivity index (χ0) is 10.3. The Morgan fingerprint density at radius 1 is 1.27 bits per heavy atom. The van der Waals surface area contributed by atoms with Gasteiger partial charge in [-0.2, -0.15) is 0 Å². The SMILES string of the molecule is Oc1cccc2c1SC1(CCNCC1)C2. The summed E-state index contributed by atoms with van der Waals surface area (Å²) < 4.78 is 0.367. The van der Waals surface area contributed by atoms with Gasteiger partial charge in [-0.25, -0.2) is 0 Å². The van der Waals surface area contributed by atoms with E-state index in [4.69, 9.17) is 0 Å². The van der Waals surface area contributed by atoms with Gasteiger partial charge < -0.3 is 10.4 Å². The highest BCUT2D eigenvalue weighted by atomic mass is 32.2. The first kappa shape index (κ1) is 9.55. The number of benzene rings is 1. The molecular formula is C12H15NOS. The van der Waals surface area contributed by atoms with E-state index in [1.165, 1.54) is 18.4 Å². The van der Waals surface area contributed by atoms with Gasteiger partial charge in [-0.1, -0.05) is 12.1 Å². The van der Waals surface area contributed by atoms with Gasteiger partial charge in [0.15, 0.2) is 0 Å². The number of phenols is 1. The first-order valence-electron chi connectivity index (χ1n) is 5.50. The third kappa shape index (κ3) is 1.54. The molecule has 2 N–H and O–H groups in total. The first-order valence-corrected chi connectivity index (χ1v) is 6.31. The Kier molecular flexibility index (Phi) is 2.18. The van der Waals surface area contributed by atoms with E-state index in [1.807, 2.05) is 17.8 Å². The van der Waals surface area contributed by atoms with E-state index in [0.29, 0.717) is 10.5 Å². The van der Waals surface area contributed by atoms with Crippen molar-refractivity contribution >= 4 is 11.8 Å². The molecular weight excluding hydrogens is 206 g/mol. The van der Waals surface area contributed by atoms with Gasteiger partial charge in [0.2, 0.25) is 0 Å². The Morgan fingerprint density at radius 3 is 2.80 bits per heavy atom. The van der Waals surface area contributed by atoms with Crippen LogP contribution in [0.3, 0.4) is 0 Å². The summed E-state index contributed by atoms with van der Waals surface area (Å²) in [6.45, 7) is 2.23. The molecule has 0 atom stereocenters. The maximum Gasteiger partial charge on any atom is 0.129 e. The van der Waals surface area contributed by atoms with Crippen LogP contribution in [0.5, 0.6) is 5.75 Å². The number of rotatable bonds is 0. The highest BCUT2D eigenvalue weighted by molar-refractivity contribution is 8.01. The summed E-state index contributed by atoms with van der Waals surface area (Å²) in [6, 6.07) is 5.90. The van der Waals surface area contributed by atoms with Crippen molar-refractivity contribution in [2.75, 3.05) is 13.1 Å². The molecule has 15 heavy (non-hydrogen) atoms. The van der Waals surface area contributed by atoms with Gasteiger partial charge >= 0.3 is 0 Å². The second-order valence-electron chi connectivity index (χ2n) is 4.48. The number of piperidine rings is 1. The molecule has 0 aliphatic carbocycles. The molecule has 0 bridgehead atoms. The molecule has 2 aliphatic heterocycles. The predicted molar refractivity (Wildman–Crippen MR) is 62.5 cm³/mol. The lowest BCUT2D eigenvalue weighted by Crippen LogP contribution is -2.39. The zero-order valence-electron chi connectivity index (χ0n) is 8.62. The van der Waals surface area contributed by atoms with Gasteiger partial charge in [-0.05, 0) is 44.0 Å². The number of aromatic hydroxyl groups is 1. The first-order chi connectivity index (χ1) is 7.29. The number of nitrogens with one attached hydrogen (secondary N) is 1. The minimum Gasteiger partial charge on any atom is -0.507 e. The normalized spacial score (nSPS) is 22.9. The topological polar surface area (TPSA) is 32.3 Å². The summed E-state index contributed by atoms with van der Waals surface area (Å²) in [6.07, 6.45) is 3.56. The lowest BCUT2D eigenvalue weighted by molar-refractivity contribution is 0.417. The quantitative estimate of drug-likeness (QED) is 0.704. The van der Waals surface area contributed by atoms with E-state index >= 15 is 0 Å². The molecule has 1 aromatic carbocycles. The smallest absolute Gasteiger partial charge is 0.129 e. The second-order valence-corrected chi connectivity index (χ2v) is 5.96. The summed E-state index contributed by atoms with van der Waals surface area (Å²) in [5, 5.41) is 13.2. The van der Waals surface area contributed by atoms with Crippen LogP contribution in [0.4, 0.5) is 0 Å². The molecule has 3 rings (SSSR count). The molecule has 2 heterocycles. The number of hydrogen-bond acceptors (Lipinski definition) is 3. The van der Waals surface area contributed by atoms with Gasteiger partial charge in [0.05, 0.1) is 4.90 Å². The summed E-state index contributed by atoms with van der Waals surface area (Å²) >= 11 is 1.90. The molecule has 2 nitrogen and oxygen atoms in total. The maximum absolute atomic E-state index is 9.81. The van der Waals surface area contributed by atoms with E-state index in [9.17, 15) is 5.11 Å². The fourth-order valence-electron chi connectivity index (χ4n) is 2.59. The minimum absolute atomic E-state index is 0.367. The molecule has 2 aliphatic rings. The molecule has 1 saturated heterocycles. The molecule has 0 unspecified atom stereocenters. The number of phenolic OH excluding ortho intramolecular Hbond substituents is 1. The molecule has 0 aromatic heterocycles. The Morgan fingerprint density at radius 2 is 2.07 bits per heavy atom. The number of thioether (sulfide) groups is 1.